The zero-order chi connectivity index (χ0) is 19.9. The number of anilines is 1. The molecule has 0 bridgehead atoms. The lowest BCUT2D eigenvalue weighted by molar-refractivity contribution is -0.134. The van der Waals surface area contributed by atoms with Gasteiger partial charge in [-0.25, -0.2) is 0 Å². The molecule has 0 spiro atoms. The van der Waals surface area contributed by atoms with E-state index >= 15 is 0 Å². The smallest absolute Gasteiger partial charge is 0.236 e. The van der Waals surface area contributed by atoms with Gasteiger partial charge in [-0.05, 0) is 44.0 Å². The fourth-order valence-electron chi connectivity index (χ4n) is 3.30. The predicted molar refractivity (Wildman–Crippen MR) is 109 cm³/mol. The van der Waals surface area contributed by atoms with Gasteiger partial charge in [0.05, 0.1) is 24.3 Å². The van der Waals surface area contributed by atoms with Crippen molar-refractivity contribution in [3.8, 4) is 5.75 Å². The molecular formula is C20H26N6O2. The molecule has 4 rings (SSSR count). The van der Waals surface area contributed by atoms with Crippen LogP contribution in [0.15, 0.2) is 35.0 Å². The van der Waals surface area contributed by atoms with E-state index in [4.69, 9.17) is 15.9 Å². The third-order valence-electron chi connectivity index (χ3n) is 5.51. The van der Waals surface area contributed by atoms with Gasteiger partial charge in [-0.15, -0.1) is 0 Å². The molecule has 2 aliphatic heterocycles. The van der Waals surface area contributed by atoms with E-state index in [1.807, 2.05) is 30.2 Å². The molecule has 8 nitrogen and oxygen atoms in total. The van der Waals surface area contributed by atoms with Crippen molar-refractivity contribution in [3.05, 3.63) is 35.5 Å². The van der Waals surface area contributed by atoms with Gasteiger partial charge in [0.2, 0.25) is 5.91 Å². The number of carbonyl (C=O) groups excluding carboxylic acids is 1. The fraction of sp³-hybridized carbons (Fsp3) is 0.450. The van der Waals surface area contributed by atoms with Crippen molar-refractivity contribution in [2.24, 2.45) is 4.99 Å². The minimum atomic E-state index is -0.278. The van der Waals surface area contributed by atoms with Gasteiger partial charge in [0.25, 0.3) is 0 Å². The number of aliphatic imine (C=N–C) groups is 1. The van der Waals surface area contributed by atoms with Crippen LogP contribution in [0.25, 0.3) is 0 Å². The number of hydrogen-bond donors (Lipinski definition) is 3. The average Bonchev–Trinajstić information content (AvgIpc) is 3.42. The molecule has 4 N–H and O–H groups in total. The van der Waals surface area contributed by atoms with Crippen LogP contribution in [0, 0.1) is 5.41 Å². The highest BCUT2D eigenvalue weighted by Crippen LogP contribution is 2.40. The van der Waals surface area contributed by atoms with Gasteiger partial charge in [0.1, 0.15) is 17.5 Å². The highest BCUT2D eigenvalue weighted by atomic mass is 16.5. The van der Waals surface area contributed by atoms with Crippen LogP contribution in [0.5, 0.6) is 5.75 Å². The molecule has 1 aromatic rings. The summed E-state index contributed by atoms with van der Waals surface area (Å²) in [6.45, 7) is 3.81. The molecule has 2 fully saturated rings. The summed E-state index contributed by atoms with van der Waals surface area (Å²) in [6, 6.07) is 5.45. The zero-order valence-electron chi connectivity index (χ0n) is 16.2. The second-order valence-electron chi connectivity index (χ2n) is 7.88. The summed E-state index contributed by atoms with van der Waals surface area (Å²) in [5, 5.41) is 11.7. The molecule has 1 unspecified atom stereocenters. The average molecular weight is 382 g/mol. The highest BCUT2D eigenvalue weighted by molar-refractivity contribution is 6.14. The van der Waals surface area contributed by atoms with E-state index in [1.54, 1.807) is 17.3 Å². The molecule has 0 radical (unpaired) electrons. The standard InChI is InChI=1S/C20H26N6O2/c1-20(5-6-20)28-13-3-4-15(21)14(9-13)19(22)16-10-17(24-12-23-16)26-8-7-25(2)18(27)11-26/h3-4,9-10,12,17,22H,5-8,11,21H2,1-2H3,(H,23,24). The summed E-state index contributed by atoms with van der Waals surface area (Å²) in [5.41, 5.74) is 8.08. The Kier molecular flexibility index (Phi) is 4.58. The number of nitrogens with one attached hydrogen (secondary N) is 2. The summed E-state index contributed by atoms with van der Waals surface area (Å²) in [6.07, 6.45) is 5.26. The van der Waals surface area contributed by atoms with Crippen LogP contribution in [0.1, 0.15) is 25.3 Å². The molecule has 1 amide bonds. The summed E-state index contributed by atoms with van der Waals surface area (Å²) >= 11 is 0. The van der Waals surface area contributed by atoms with Crippen molar-refractivity contribution < 1.29 is 9.53 Å². The maximum Gasteiger partial charge on any atom is 0.236 e. The second kappa shape index (κ2) is 6.94. The van der Waals surface area contributed by atoms with Crippen molar-refractivity contribution in [1.82, 2.24) is 15.1 Å². The summed E-state index contributed by atoms with van der Waals surface area (Å²) < 4.78 is 6.02. The Balaban J connectivity index is 1.53. The fourth-order valence-corrected chi connectivity index (χ4v) is 3.30. The van der Waals surface area contributed by atoms with Crippen LogP contribution >= 0.6 is 0 Å². The SMILES string of the molecule is CN1CCN(C2C=C(C(=N)c3cc(OC4(C)CC4)ccc3N)NC=N2)CC1=O. The van der Waals surface area contributed by atoms with E-state index in [0.717, 1.165) is 25.1 Å². The number of nitrogen functional groups attached to an aromatic ring is 1. The minimum Gasteiger partial charge on any atom is -0.488 e. The molecule has 28 heavy (non-hydrogen) atoms. The second-order valence-corrected chi connectivity index (χ2v) is 7.88. The Bertz CT molecular complexity index is 873. The Morgan fingerprint density at radius 1 is 1.39 bits per heavy atom. The predicted octanol–water partition coefficient (Wildman–Crippen LogP) is 1.18. The Labute approximate surface area is 164 Å². The normalized spacial score (nSPS) is 23.8. The summed E-state index contributed by atoms with van der Waals surface area (Å²) in [5.74, 6) is 0.799. The lowest BCUT2D eigenvalue weighted by Gasteiger charge is -2.35. The molecule has 1 aromatic carbocycles. The molecular weight excluding hydrogens is 356 g/mol. The Morgan fingerprint density at radius 3 is 2.89 bits per heavy atom. The topological polar surface area (TPSA) is 107 Å². The maximum absolute atomic E-state index is 12.0. The molecule has 1 atom stereocenters. The lowest BCUT2D eigenvalue weighted by atomic mass is 10.0. The number of allylic oxidation sites excluding steroid dienone is 1. The highest BCUT2D eigenvalue weighted by Gasteiger charge is 2.40. The van der Waals surface area contributed by atoms with Crippen LogP contribution in [0.3, 0.4) is 0 Å². The van der Waals surface area contributed by atoms with Gasteiger partial charge >= 0.3 is 0 Å². The van der Waals surface area contributed by atoms with Crippen LogP contribution < -0.4 is 15.8 Å². The number of benzene rings is 1. The molecule has 2 heterocycles. The van der Waals surface area contributed by atoms with Crippen molar-refractivity contribution in [2.75, 3.05) is 32.4 Å². The molecule has 0 aromatic heterocycles. The number of rotatable bonds is 5. The number of nitrogens with zero attached hydrogens (tertiary/aromatic N) is 3. The Hall–Kier alpha value is -2.87. The van der Waals surface area contributed by atoms with E-state index < -0.39 is 0 Å². The van der Waals surface area contributed by atoms with Gasteiger partial charge in [-0.3, -0.25) is 20.1 Å². The van der Waals surface area contributed by atoms with Crippen LogP contribution in [0.2, 0.25) is 0 Å². The van der Waals surface area contributed by atoms with E-state index in [1.165, 1.54) is 0 Å². The molecule has 3 aliphatic rings. The van der Waals surface area contributed by atoms with Crippen molar-refractivity contribution >= 4 is 23.6 Å². The third kappa shape index (κ3) is 3.73. The molecule has 1 aliphatic carbocycles. The number of hydrogen-bond acceptors (Lipinski definition) is 7. The van der Waals surface area contributed by atoms with Crippen molar-refractivity contribution in [1.29, 1.82) is 5.41 Å². The van der Waals surface area contributed by atoms with Crippen molar-refractivity contribution in [3.63, 3.8) is 0 Å². The number of amides is 1. The number of piperazine rings is 1. The van der Waals surface area contributed by atoms with Gasteiger partial charge < -0.3 is 20.7 Å². The summed E-state index contributed by atoms with van der Waals surface area (Å²) in [7, 11) is 1.81. The first kappa shape index (κ1) is 18.5. The van der Waals surface area contributed by atoms with Gasteiger partial charge in [-0.2, -0.15) is 0 Å². The third-order valence-corrected chi connectivity index (χ3v) is 5.51. The number of carbonyl (C=O) groups is 1. The zero-order valence-corrected chi connectivity index (χ0v) is 16.2. The molecule has 8 heteroatoms. The van der Waals surface area contributed by atoms with E-state index in [-0.39, 0.29) is 23.4 Å². The van der Waals surface area contributed by atoms with Crippen LogP contribution in [-0.4, -0.2) is 66.2 Å². The molecule has 1 saturated heterocycles. The van der Waals surface area contributed by atoms with Gasteiger partial charge in [0.15, 0.2) is 0 Å². The number of likely N-dealkylation sites (N-methyl/N-ethyl adjacent to an activating group) is 1. The van der Waals surface area contributed by atoms with Gasteiger partial charge in [-0.1, -0.05) is 0 Å². The molecule has 1 saturated carbocycles. The van der Waals surface area contributed by atoms with Crippen molar-refractivity contribution in [2.45, 2.75) is 31.5 Å². The first-order valence-corrected chi connectivity index (χ1v) is 9.50. The monoisotopic (exact) mass is 382 g/mol. The lowest BCUT2D eigenvalue weighted by Crippen LogP contribution is -2.52. The first-order valence-electron chi connectivity index (χ1n) is 9.50. The van der Waals surface area contributed by atoms with E-state index in [9.17, 15) is 4.79 Å². The Morgan fingerprint density at radius 2 is 2.18 bits per heavy atom. The summed E-state index contributed by atoms with van der Waals surface area (Å²) in [4.78, 5) is 20.2. The minimum absolute atomic E-state index is 0.0766. The first-order chi connectivity index (χ1) is 13.3. The van der Waals surface area contributed by atoms with Gasteiger partial charge in [0, 0.05) is 31.4 Å². The van der Waals surface area contributed by atoms with E-state index in [0.29, 0.717) is 30.0 Å². The van der Waals surface area contributed by atoms with Crippen LogP contribution in [-0.2, 0) is 4.79 Å². The quantitative estimate of drug-likeness (QED) is 0.524. The van der Waals surface area contributed by atoms with E-state index in [2.05, 4.69) is 17.2 Å². The number of ether oxygens (including phenoxy) is 1. The largest absolute Gasteiger partial charge is 0.488 e. The molecule has 148 valence electrons. The number of nitrogens with two attached hydrogens (primary N) is 1. The maximum atomic E-state index is 12.0. The van der Waals surface area contributed by atoms with Crippen LogP contribution in [0.4, 0.5) is 5.69 Å².